The van der Waals surface area contributed by atoms with Crippen molar-refractivity contribution in [2.24, 2.45) is 0 Å². The van der Waals surface area contributed by atoms with E-state index in [1.54, 1.807) is 0 Å². The standard InChI is InChI=1S/C7H5Cl2F9OSi/c8-3(9)19-20-2-1-4(10,11)5(12,13)6(14,15)7(16,17)18/h3H,1-2H2. The second-order valence-electron chi connectivity index (χ2n) is 3.37. The van der Waals surface area contributed by atoms with Gasteiger partial charge in [0.05, 0.1) is 0 Å². The molecule has 0 rings (SSSR count). The lowest BCUT2D eigenvalue weighted by molar-refractivity contribution is -0.396. The van der Waals surface area contributed by atoms with Gasteiger partial charge in [-0.15, -0.1) is 0 Å². The van der Waals surface area contributed by atoms with E-state index in [1.165, 1.54) is 0 Å². The molecule has 0 saturated heterocycles. The van der Waals surface area contributed by atoms with Crippen molar-refractivity contribution >= 4 is 33.0 Å². The Bertz CT molecular complexity index is 320. The van der Waals surface area contributed by atoms with E-state index in [1.807, 2.05) is 0 Å². The SMILES string of the molecule is FC(F)(F)C(F)(F)C(F)(F)C(F)(F)CC[Si]OC(Cl)Cl. The second kappa shape index (κ2) is 6.49. The molecule has 0 aliphatic carbocycles. The van der Waals surface area contributed by atoms with Crippen LogP contribution in [0.3, 0.4) is 0 Å². The Kier molecular flexibility index (Phi) is 6.53. The number of hydrogen-bond acceptors (Lipinski definition) is 1. The predicted molar refractivity (Wildman–Crippen MR) is 52.7 cm³/mol. The largest absolute Gasteiger partial charge is 0.460 e. The highest BCUT2D eigenvalue weighted by atomic mass is 35.5. The fourth-order valence-corrected chi connectivity index (χ4v) is 1.93. The number of rotatable bonds is 7. The Morgan fingerprint density at radius 1 is 0.850 bits per heavy atom. The first-order valence-corrected chi connectivity index (χ1v) is 6.52. The van der Waals surface area contributed by atoms with E-state index in [0.29, 0.717) is 0 Å². The van der Waals surface area contributed by atoms with Gasteiger partial charge in [0.15, 0.2) is 5.02 Å². The normalized spacial score (nSPS) is 15.0. The van der Waals surface area contributed by atoms with Gasteiger partial charge in [0.1, 0.15) is 0 Å². The van der Waals surface area contributed by atoms with Crippen molar-refractivity contribution in [3.63, 3.8) is 0 Å². The Morgan fingerprint density at radius 3 is 1.65 bits per heavy atom. The molecule has 0 aromatic rings. The third kappa shape index (κ3) is 4.31. The first kappa shape index (κ1) is 20.1. The minimum Gasteiger partial charge on any atom is -0.390 e. The van der Waals surface area contributed by atoms with Crippen LogP contribution in [0.5, 0.6) is 0 Å². The van der Waals surface area contributed by atoms with Crippen LogP contribution in [0.2, 0.25) is 6.04 Å². The van der Waals surface area contributed by atoms with Gasteiger partial charge in [0.2, 0.25) is 9.76 Å². The van der Waals surface area contributed by atoms with Crippen LogP contribution in [0.25, 0.3) is 0 Å². The summed E-state index contributed by atoms with van der Waals surface area (Å²) in [5, 5.41) is -1.46. The summed E-state index contributed by atoms with van der Waals surface area (Å²) in [6.45, 7) is 0. The Labute approximate surface area is 119 Å². The summed E-state index contributed by atoms with van der Waals surface area (Å²) in [7, 11) is -0.968. The van der Waals surface area contributed by atoms with Gasteiger partial charge < -0.3 is 4.43 Å². The zero-order valence-corrected chi connectivity index (χ0v) is 11.6. The third-order valence-electron chi connectivity index (χ3n) is 1.92. The molecule has 0 unspecified atom stereocenters. The number of alkyl halides is 11. The molecule has 0 saturated carbocycles. The van der Waals surface area contributed by atoms with Crippen LogP contribution < -0.4 is 0 Å². The highest BCUT2D eigenvalue weighted by Crippen LogP contribution is 2.54. The molecule has 13 heteroatoms. The molecule has 0 N–H and O–H groups in total. The second-order valence-corrected chi connectivity index (χ2v) is 5.41. The number of hydrogen-bond donors (Lipinski definition) is 0. The first-order chi connectivity index (χ1) is 8.67. The summed E-state index contributed by atoms with van der Waals surface area (Å²) >= 11 is 9.99. The maximum Gasteiger partial charge on any atom is 0.460 e. The fraction of sp³-hybridized carbons (Fsp3) is 1.00. The van der Waals surface area contributed by atoms with Gasteiger partial charge in [-0.2, -0.15) is 39.5 Å². The van der Waals surface area contributed by atoms with Crippen molar-refractivity contribution in [3.8, 4) is 0 Å². The molecule has 0 bridgehead atoms. The summed E-state index contributed by atoms with van der Waals surface area (Å²) in [5.74, 6) is -19.0. The summed E-state index contributed by atoms with van der Waals surface area (Å²) in [6, 6.07) is -0.924. The summed E-state index contributed by atoms with van der Waals surface area (Å²) in [5.41, 5.74) is 0. The molecule has 0 spiro atoms. The van der Waals surface area contributed by atoms with Crippen molar-refractivity contribution < 1.29 is 43.9 Å². The van der Waals surface area contributed by atoms with Gasteiger partial charge in [-0.05, 0) is 6.04 Å². The smallest absolute Gasteiger partial charge is 0.390 e. The molecule has 0 atom stereocenters. The predicted octanol–water partition coefficient (Wildman–Crippen LogP) is 4.66. The first-order valence-electron chi connectivity index (χ1n) is 4.53. The van der Waals surface area contributed by atoms with Gasteiger partial charge in [-0.25, -0.2) is 0 Å². The van der Waals surface area contributed by atoms with Crippen LogP contribution in [0.4, 0.5) is 39.5 Å². The Morgan fingerprint density at radius 2 is 1.30 bits per heavy atom. The van der Waals surface area contributed by atoms with E-state index in [-0.39, 0.29) is 0 Å². The lowest BCUT2D eigenvalue weighted by atomic mass is 10.0. The van der Waals surface area contributed by atoms with E-state index < -0.39 is 51.2 Å². The average Bonchev–Trinajstić information content (AvgIpc) is 2.22. The summed E-state index contributed by atoms with van der Waals surface area (Å²) in [6.07, 6.45) is -8.76. The molecule has 1 nitrogen and oxygen atoms in total. The van der Waals surface area contributed by atoms with Crippen LogP contribution in [0.15, 0.2) is 0 Å². The van der Waals surface area contributed by atoms with Crippen LogP contribution in [-0.4, -0.2) is 38.7 Å². The Balaban J connectivity index is 4.89. The minimum absolute atomic E-state index is 0.924. The zero-order chi connectivity index (χ0) is 16.4. The highest BCUT2D eigenvalue weighted by molar-refractivity contribution is 6.45. The fourth-order valence-electron chi connectivity index (χ4n) is 0.895. The molecule has 0 aromatic carbocycles. The van der Waals surface area contributed by atoms with E-state index >= 15 is 0 Å². The maximum absolute atomic E-state index is 12.9. The van der Waals surface area contributed by atoms with Crippen LogP contribution in [-0.2, 0) is 4.43 Å². The molecular weight excluding hydrogens is 370 g/mol. The zero-order valence-electron chi connectivity index (χ0n) is 9.06. The Hall–Kier alpha value is 0.127. The summed E-state index contributed by atoms with van der Waals surface area (Å²) in [4.78, 5) is 0. The topological polar surface area (TPSA) is 9.23 Å². The van der Waals surface area contributed by atoms with Crippen molar-refractivity contribution in [1.82, 2.24) is 0 Å². The van der Waals surface area contributed by atoms with Crippen molar-refractivity contribution in [2.75, 3.05) is 0 Å². The van der Waals surface area contributed by atoms with Gasteiger partial charge in [0.25, 0.3) is 0 Å². The van der Waals surface area contributed by atoms with E-state index in [4.69, 9.17) is 23.2 Å². The van der Waals surface area contributed by atoms with Crippen molar-refractivity contribution in [2.45, 2.75) is 41.4 Å². The van der Waals surface area contributed by atoms with Gasteiger partial charge >= 0.3 is 23.9 Å². The van der Waals surface area contributed by atoms with Gasteiger partial charge in [0, 0.05) is 6.42 Å². The molecule has 120 valence electrons. The average molecular weight is 375 g/mol. The third-order valence-corrected chi connectivity index (χ3v) is 3.26. The highest BCUT2D eigenvalue weighted by Gasteiger charge is 2.81. The molecule has 0 aliphatic heterocycles. The lowest BCUT2D eigenvalue weighted by Gasteiger charge is -2.33. The molecule has 0 aliphatic rings. The maximum atomic E-state index is 12.9. The lowest BCUT2D eigenvalue weighted by Crippen LogP contribution is -2.60. The summed E-state index contributed by atoms with van der Waals surface area (Å²) < 4.78 is 116. The van der Waals surface area contributed by atoms with Gasteiger partial charge in [-0.3, -0.25) is 0 Å². The molecular formula is C7H5Cl2F9OSi. The van der Waals surface area contributed by atoms with Crippen LogP contribution in [0, 0.1) is 0 Å². The van der Waals surface area contributed by atoms with Crippen molar-refractivity contribution in [1.29, 1.82) is 0 Å². The van der Waals surface area contributed by atoms with E-state index in [9.17, 15) is 39.5 Å². The monoisotopic (exact) mass is 374 g/mol. The minimum atomic E-state index is -6.87. The van der Waals surface area contributed by atoms with E-state index in [2.05, 4.69) is 4.43 Å². The van der Waals surface area contributed by atoms with Crippen molar-refractivity contribution in [3.05, 3.63) is 0 Å². The molecule has 20 heavy (non-hydrogen) atoms. The quantitative estimate of drug-likeness (QED) is 0.272. The van der Waals surface area contributed by atoms with Crippen LogP contribution in [0.1, 0.15) is 6.42 Å². The van der Waals surface area contributed by atoms with Gasteiger partial charge in [-0.1, -0.05) is 23.2 Å². The molecule has 0 fully saturated rings. The molecule has 0 heterocycles. The molecule has 2 radical (unpaired) electrons. The van der Waals surface area contributed by atoms with E-state index in [0.717, 1.165) is 0 Å². The molecule has 0 aromatic heterocycles. The van der Waals surface area contributed by atoms with Crippen LogP contribution >= 0.6 is 23.2 Å². The molecule has 0 amide bonds. The number of halogens is 11.